The summed E-state index contributed by atoms with van der Waals surface area (Å²) in [5.41, 5.74) is 2.41. The number of rotatable bonds is 0. The molecule has 6 aromatic rings. The second-order valence-corrected chi connectivity index (χ2v) is 6.74. The van der Waals surface area contributed by atoms with Crippen molar-refractivity contribution in [3.8, 4) is 0 Å². The van der Waals surface area contributed by atoms with Crippen molar-refractivity contribution in [2.75, 3.05) is 0 Å². The summed E-state index contributed by atoms with van der Waals surface area (Å²) in [5.74, 6) is 0. The van der Waals surface area contributed by atoms with E-state index in [2.05, 4.69) is 89.9 Å². The first-order valence-electron chi connectivity index (χ1n) is 8.63. The van der Waals surface area contributed by atoms with Crippen molar-refractivity contribution in [1.29, 1.82) is 0 Å². The zero-order valence-corrected chi connectivity index (χ0v) is 13.6. The number of hydrogen-bond donors (Lipinski definition) is 1. The van der Waals surface area contributed by atoms with Gasteiger partial charge in [-0.3, -0.25) is 0 Å². The van der Waals surface area contributed by atoms with E-state index in [0.717, 1.165) is 0 Å². The van der Waals surface area contributed by atoms with Crippen molar-refractivity contribution < 1.29 is 0 Å². The molecule has 0 bridgehead atoms. The zero-order valence-electron chi connectivity index (χ0n) is 13.6. The predicted octanol–water partition coefficient (Wildman–Crippen LogP) is 6.78. The van der Waals surface area contributed by atoms with Crippen LogP contribution >= 0.6 is 0 Å². The Bertz CT molecular complexity index is 1430. The molecule has 0 saturated heterocycles. The number of nitrogens with one attached hydrogen (secondary N) is 1. The van der Waals surface area contributed by atoms with Gasteiger partial charge in [-0.25, -0.2) is 0 Å². The van der Waals surface area contributed by atoms with Crippen LogP contribution in [0.25, 0.3) is 54.1 Å². The average Bonchev–Trinajstić information content (AvgIpc) is 3.04. The third-order valence-electron chi connectivity index (χ3n) is 5.35. The Hall–Kier alpha value is -3.32. The lowest BCUT2D eigenvalue weighted by Crippen LogP contribution is -1.78. The number of aromatic nitrogens is 1. The van der Waals surface area contributed by atoms with Gasteiger partial charge in [0.15, 0.2) is 0 Å². The minimum atomic E-state index is 1.20. The van der Waals surface area contributed by atoms with Crippen LogP contribution in [-0.2, 0) is 0 Å². The number of fused-ring (bicyclic) bond motifs is 8. The smallest absolute Gasteiger partial charge is 0.0471 e. The second-order valence-electron chi connectivity index (χ2n) is 6.74. The first-order valence-corrected chi connectivity index (χ1v) is 8.63. The first kappa shape index (κ1) is 13.0. The molecule has 0 amide bonds. The number of H-pyrrole nitrogens is 1. The molecule has 1 aromatic heterocycles. The Labute approximate surface area is 144 Å². The summed E-state index contributed by atoms with van der Waals surface area (Å²) < 4.78 is 0. The van der Waals surface area contributed by atoms with Crippen LogP contribution in [0.2, 0.25) is 0 Å². The van der Waals surface area contributed by atoms with E-state index in [-0.39, 0.29) is 0 Å². The summed E-state index contributed by atoms with van der Waals surface area (Å²) in [4.78, 5) is 3.61. The topological polar surface area (TPSA) is 15.8 Å². The van der Waals surface area contributed by atoms with Gasteiger partial charge in [-0.2, -0.15) is 0 Å². The van der Waals surface area contributed by atoms with Crippen LogP contribution in [0.15, 0.2) is 84.9 Å². The molecule has 25 heavy (non-hydrogen) atoms. The number of hydrogen-bond acceptors (Lipinski definition) is 0. The Balaban J connectivity index is 1.89. The average molecular weight is 317 g/mol. The van der Waals surface area contributed by atoms with E-state index in [9.17, 15) is 0 Å². The maximum atomic E-state index is 3.61. The minimum Gasteiger partial charge on any atom is -0.354 e. The largest absolute Gasteiger partial charge is 0.354 e. The van der Waals surface area contributed by atoms with Crippen molar-refractivity contribution in [2.24, 2.45) is 0 Å². The van der Waals surface area contributed by atoms with Crippen molar-refractivity contribution >= 4 is 54.1 Å². The second kappa shape index (κ2) is 4.61. The van der Waals surface area contributed by atoms with Gasteiger partial charge in [0.05, 0.1) is 0 Å². The van der Waals surface area contributed by atoms with E-state index in [0.29, 0.717) is 0 Å². The molecular weight excluding hydrogens is 302 g/mol. The van der Waals surface area contributed by atoms with Crippen LogP contribution in [0, 0.1) is 0 Å². The summed E-state index contributed by atoms with van der Waals surface area (Å²) in [7, 11) is 0. The van der Waals surface area contributed by atoms with E-state index in [1.54, 1.807) is 0 Å². The lowest BCUT2D eigenvalue weighted by atomic mass is 9.98. The molecule has 1 nitrogen and oxygen atoms in total. The van der Waals surface area contributed by atoms with E-state index >= 15 is 0 Å². The fraction of sp³-hybridized carbons (Fsp3) is 0. The molecule has 0 spiro atoms. The minimum absolute atomic E-state index is 1.20. The molecule has 0 atom stereocenters. The van der Waals surface area contributed by atoms with Crippen LogP contribution in [0.4, 0.5) is 0 Å². The van der Waals surface area contributed by atoms with Crippen molar-refractivity contribution in [1.82, 2.24) is 4.98 Å². The molecule has 0 aliphatic rings. The maximum absolute atomic E-state index is 3.61. The quantitative estimate of drug-likeness (QED) is 0.297. The first-order chi connectivity index (χ1) is 12.4. The molecular formula is C24H15N. The van der Waals surface area contributed by atoms with E-state index in [1.807, 2.05) is 0 Å². The zero-order chi connectivity index (χ0) is 16.4. The molecule has 1 N–H and O–H groups in total. The monoisotopic (exact) mass is 317 g/mol. The van der Waals surface area contributed by atoms with Crippen molar-refractivity contribution in [2.45, 2.75) is 0 Å². The summed E-state index contributed by atoms with van der Waals surface area (Å²) in [6.45, 7) is 0. The highest BCUT2D eigenvalue weighted by Gasteiger charge is 2.10. The van der Waals surface area contributed by atoms with Gasteiger partial charge in [-0.15, -0.1) is 0 Å². The van der Waals surface area contributed by atoms with Gasteiger partial charge in [0.25, 0.3) is 0 Å². The molecule has 0 saturated carbocycles. The van der Waals surface area contributed by atoms with Gasteiger partial charge in [0.2, 0.25) is 0 Å². The third kappa shape index (κ3) is 1.72. The van der Waals surface area contributed by atoms with Crippen LogP contribution in [0.3, 0.4) is 0 Å². The van der Waals surface area contributed by atoms with Gasteiger partial charge in [0, 0.05) is 21.8 Å². The molecule has 0 aliphatic carbocycles. The predicted molar refractivity (Wildman–Crippen MR) is 108 cm³/mol. The molecule has 116 valence electrons. The van der Waals surface area contributed by atoms with Gasteiger partial charge >= 0.3 is 0 Å². The summed E-state index contributed by atoms with van der Waals surface area (Å²) in [6, 6.07) is 30.7. The highest BCUT2D eigenvalue weighted by Crippen LogP contribution is 2.36. The van der Waals surface area contributed by atoms with E-state index in [4.69, 9.17) is 0 Å². The van der Waals surface area contributed by atoms with Crippen LogP contribution < -0.4 is 0 Å². The molecule has 0 radical (unpaired) electrons. The molecule has 5 aromatic carbocycles. The summed E-state index contributed by atoms with van der Waals surface area (Å²) >= 11 is 0. The van der Waals surface area contributed by atoms with Crippen LogP contribution in [0.5, 0.6) is 0 Å². The van der Waals surface area contributed by atoms with Gasteiger partial charge in [0.1, 0.15) is 0 Å². The van der Waals surface area contributed by atoms with Crippen LogP contribution in [-0.4, -0.2) is 4.98 Å². The highest BCUT2D eigenvalue weighted by molar-refractivity contribution is 6.23. The van der Waals surface area contributed by atoms with Crippen LogP contribution in [0.1, 0.15) is 0 Å². The standard InChI is InChI=1S/C24H15N/c1-3-7-18-15(5-1)9-10-17-13-23-21(14-20(17)18)24-19-8-4-2-6-16(19)11-12-22(24)25-23/h1-14,25H. The number of benzene rings is 5. The lowest BCUT2D eigenvalue weighted by molar-refractivity contribution is 1.56. The molecule has 1 heterocycles. The molecule has 0 unspecified atom stereocenters. The van der Waals surface area contributed by atoms with Crippen molar-refractivity contribution in [3.05, 3.63) is 84.9 Å². The van der Waals surface area contributed by atoms with Gasteiger partial charge in [-0.1, -0.05) is 66.7 Å². The van der Waals surface area contributed by atoms with Gasteiger partial charge < -0.3 is 4.98 Å². The molecule has 0 fully saturated rings. The Morgan fingerprint density at radius 2 is 1.12 bits per heavy atom. The SMILES string of the molecule is c1ccc2c(c1)ccc1cc3[nH]c4ccc5ccccc5c4c3cc12. The summed E-state index contributed by atoms with van der Waals surface area (Å²) in [5, 5.41) is 10.4. The lowest BCUT2D eigenvalue weighted by Gasteiger charge is -2.05. The maximum Gasteiger partial charge on any atom is 0.0471 e. The molecule has 6 rings (SSSR count). The molecule has 1 heteroatoms. The third-order valence-corrected chi connectivity index (χ3v) is 5.35. The molecule has 0 aliphatic heterocycles. The number of aromatic amines is 1. The normalized spacial score (nSPS) is 12.0. The highest BCUT2D eigenvalue weighted by atomic mass is 14.7. The van der Waals surface area contributed by atoms with Crippen molar-refractivity contribution in [3.63, 3.8) is 0 Å². The fourth-order valence-electron chi connectivity index (χ4n) is 4.18. The van der Waals surface area contributed by atoms with E-state index in [1.165, 1.54) is 54.1 Å². The summed E-state index contributed by atoms with van der Waals surface area (Å²) in [6.07, 6.45) is 0. The Morgan fingerprint density at radius 1 is 0.440 bits per heavy atom. The van der Waals surface area contributed by atoms with Gasteiger partial charge in [-0.05, 0) is 50.5 Å². The van der Waals surface area contributed by atoms with E-state index < -0.39 is 0 Å². The Morgan fingerprint density at radius 3 is 2.00 bits per heavy atom. The Kier molecular flexibility index (Phi) is 2.40. The fourth-order valence-corrected chi connectivity index (χ4v) is 4.18.